The second kappa shape index (κ2) is 6.23. The van der Waals surface area contributed by atoms with E-state index in [1.807, 2.05) is 6.07 Å². The van der Waals surface area contributed by atoms with Crippen LogP contribution in [0.2, 0.25) is 5.02 Å². The molecule has 0 aliphatic rings. The highest BCUT2D eigenvalue weighted by atomic mass is 35.5. The molecule has 0 fully saturated rings. The number of hydrogen-bond acceptors (Lipinski definition) is 3. The van der Waals surface area contributed by atoms with Gasteiger partial charge in [-0.25, -0.2) is 4.79 Å². The maximum Gasteiger partial charge on any atom is 0.323 e. The molecular formula is C14H12ClN3O3. The number of carbonyl (C=O) groups excluding carboxylic acids is 1. The molecular weight excluding hydrogens is 294 g/mol. The van der Waals surface area contributed by atoms with Crippen molar-refractivity contribution in [1.82, 2.24) is 0 Å². The lowest BCUT2D eigenvalue weighted by Gasteiger charge is -2.10. The molecule has 2 rings (SSSR count). The van der Waals surface area contributed by atoms with Gasteiger partial charge in [0.25, 0.3) is 5.69 Å². The standard InChI is InChI=1S/C14H12ClN3O3/c1-9-7-13(18(20)21)11(15)8-12(9)17-14(19)16-10-5-3-2-4-6-10/h2-8H,1H3,(H2,16,17,19). The lowest BCUT2D eigenvalue weighted by molar-refractivity contribution is -0.384. The summed E-state index contributed by atoms with van der Waals surface area (Å²) in [5.74, 6) is 0. The third kappa shape index (κ3) is 3.70. The van der Waals surface area contributed by atoms with Gasteiger partial charge in [0.05, 0.1) is 4.92 Å². The van der Waals surface area contributed by atoms with Gasteiger partial charge in [-0.05, 0) is 30.7 Å². The van der Waals surface area contributed by atoms with Crippen molar-refractivity contribution < 1.29 is 9.72 Å². The van der Waals surface area contributed by atoms with Gasteiger partial charge >= 0.3 is 6.03 Å². The van der Waals surface area contributed by atoms with Crippen molar-refractivity contribution >= 4 is 34.7 Å². The van der Waals surface area contributed by atoms with Gasteiger partial charge < -0.3 is 10.6 Å². The zero-order valence-electron chi connectivity index (χ0n) is 11.1. The lowest BCUT2D eigenvalue weighted by Crippen LogP contribution is -2.20. The maximum absolute atomic E-state index is 11.9. The highest BCUT2D eigenvalue weighted by Gasteiger charge is 2.16. The van der Waals surface area contributed by atoms with Gasteiger partial charge in [0.2, 0.25) is 0 Å². The number of nitro groups is 1. The number of aryl methyl sites for hydroxylation is 1. The number of anilines is 2. The normalized spacial score (nSPS) is 10.0. The molecule has 21 heavy (non-hydrogen) atoms. The largest absolute Gasteiger partial charge is 0.323 e. The van der Waals surface area contributed by atoms with E-state index in [-0.39, 0.29) is 10.7 Å². The fourth-order valence-corrected chi connectivity index (χ4v) is 1.98. The van der Waals surface area contributed by atoms with Crippen molar-refractivity contribution in [2.24, 2.45) is 0 Å². The Hall–Kier alpha value is -2.60. The molecule has 0 aliphatic heterocycles. The molecule has 0 saturated carbocycles. The van der Waals surface area contributed by atoms with E-state index in [2.05, 4.69) is 10.6 Å². The summed E-state index contributed by atoms with van der Waals surface area (Å²) in [5.41, 5.74) is 1.41. The van der Waals surface area contributed by atoms with Crippen molar-refractivity contribution in [1.29, 1.82) is 0 Å². The van der Waals surface area contributed by atoms with Gasteiger partial charge in [-0.2, -0.15) is 0 Å². The van der Waals surface area contributed by atoms with E-state index in [1.54, 1.807) is 31.2 Å². The SMILES string of the molecule is Cc1cc([N+](=O)[O-])c(Cl)cc1NC(=O)Nc1ccccc1. The Balaban J connectivity index is 2.14. The first kappa shape index (κ1) is 14.8. The van der Waals surface area contributed by atoms with Crippen LogP contribution in [0.1, 0.15) is 5.56 Å². The van der Waals surface area contributed by atoms with E-state index in [0.717, 1.165) is 0 Å². The van der Waals surface area contributed by atoms with Gasteiger partial charge in [0, 0.05) is 17.4 Å². The summed E-state index contributed by atoms with van der Waals surface area (Å²) in [6.45, 7) is 1.65. The Morgan fingerprint density at radius 3 is 2.48 bits per heavy atom. The number of benzene rings is 2. The number of nitrogens with zero attached hydrogens (tertiary/aromatic N) is 1. The summed E-state index contributed by atoms with van der Waals surface area (Å²) in [6.07, 6.45) is 0. The van der Waals surface area contributed by atoms with E-state index in [1.165, 1.54) is 12.1 Å². The monoisotopic (exact) mass is 305 g/mol. The molecule has 2 amide bonds. The molecule has 108 valence electrons. The van der Waals surface area contributed by atoms with Gasteiger partial charge in [-0.1, -0.05) is 29.8 Å². The van der Waals surface area contributed by atoms with Crippen LogP contribution in [-0.2, 0) is 0 Å². The minimum absolute atomic E-state index is 0.0272. The average molecular weight is 306 g/mol. The van der Waals surface area contributed by atoms with Crippen molar-refractivity contribution in [3.05, 3.63) is 63.2 Å². The molecule has 0 aliphatic carbocycles. The molecule has 0 spiro atoms. The first-order valence-electron chi connectivity index (χ1n) is 6.05. The topological polar surface area (TPSA) is 84.3 Å². The van der Waals surface area contributed by atoms with Crippen LogP contribution in [0, 0.1) is 17.0 Å². The summed E-state index contributed by atoms with van der Waals surface area (Å²) < 4.78 is 0. The van der Waals surface area contributed by atoms with E-state index in [4.69, 9.17) is 11.6 Å². The summed E-state index contributed by atoms with van der Waals surface area (Å²) in [5, 5.41) is 16.0. The summed E-state index contributed by atoms with van der Waals surface area (Å²) >= 11 is 5.83. The highest BCUT2D eigenvalue weighted by molar-refractivity contribution is 6.33. The smallest absolute Gasteiger partial charge is 0.308 e. The Labute approximate surface area is 125 Å². The molecule has 0 aromatic heterocycles. The number of rotatable bonds is 3. The number of nitrogens with one attached hydrogen (secondary N) is 2. The van der Waals surface area contributed by atoms with Crippen LogP contribution in [0.25, 0.3) is 0 Å². The summed E-state index contributed by atoms with van der Waals surface area (Å²) in [6, 6.07) is 11.1. The summed E-state index contributed by atoms with van der Waals surface area (Å²) in [4.78, 5) is 22.1. The number of carbonyl (C=O) groups is 1. The predicted molar refractivity (Wildman–Crippen MR) is 81.9 cm³/mol. The molecule has 7 heteroatoms. The lowest BCUT2D eigenvalue weighted by atomic mass is 10.2. The van der Waals surface area contributed by atoms with Crippen molar-refractivity contribution in [3.8, 4) is 0 Å². The molecule has 0 bridgehead atoms. The first-order valence-corrected chi connectivity index (χ1v) is 6.43. The third-order valence-corrected chi connectivity index (χ3v) is 3.07. The number of para-hydroxylation sites is 1. The Morgan fingerprint density at radius 1 is 1.19 bits per heavy atom. The summed E-state index contributed by atoms with van der Waals surface area (Å²) in [7, 11) is 0. The number of halogens is 1. The van der Waals surface area contributed by atoms with Crippen LogP contribution in [0.3, 0.4) is 0 Å². The Bertz CT molecular complexity index is 689. The molecule has 0 heterocycles. The molecule has 0 unspecified atom stereocenters. The zero-order chi connectivity index (χ0) is 15.4. The maximum atomic E-state index is 11.9. The van der Waals surface area contributed by atoms with Gasteiger partial charge in [0.15, 0.2) is 0 Å². The number of urea groups is 1. The molecule has 6 nitrogen and oxygen atoms in total. The van der Waals surface area contributed by atoms with Crippen LogP contribution >= 0.6 is 11.6 Å². The third-order valence-electron chi connectivity index (χ3n) is 2.77. The minimum Gasteiger partial charge on any atom is -0.308 e. The zero-order valence-corrected chi connectivity index (χ0v) is 11.8. The number of nitro benzene ring substituents is 1. The second-order valence-corrected chi connectivity index (χ2v) is 4.73. The van der Waals surface area contributed by atoms with Crippen LogP contribution in [0.4, 0.5) is 21.9 Å². The predicted octanol–water partition coefficient (Wildman–Crippen LogP) is 4.20. The fourth-order valence-electron chi connectivity index (χ4n) is 1.75. The van der Waals surface area contributed by atoms with Crippen LogP contribution in [-0.4, -0.2) is 11.0 Å². The van der Waals surface area contributed by atoms with Gasteiger partial charge in [-0.3, -0.25) is 10.1 Å². The van der Waals surface area contributed by atoms with E-state index < -0.39 is 11.0 Å². The Morgan fingerprint density at radius 2 is 1.86 bits per heavy atom. The van der Waals surface area contributed by atoms with Crippen LogP contribution in [0.15, 0.2) is 42.5 Å². The molecule has 0 saturated heterocycles. The quantitative estimate of drug-likeness (QED) is 0.658. The minimum atomic E-state index is -0.566. The molecule has 0 atom stereocenters. The van der Waals surface area contributed by atoms with Crippen molar-refractivity contribution in [2.45, 2.75) is 6.92 Å². The molecule has 2 N–H and O–H groups in total. The van der Waals surface area contributed by atoms with Gasteiger partial charge in [0.1, 0.15) is 5.02 Å². The van der Waals surface area contributed by atoms with Crippen molar-refractivity contribution in [2.75, 3.05) is 10.6 Å². The Kier molecular flexibility index (Phi) is 4.39. The fraction of sp³-hybridized carbons (Fsp3) is 0.0714. The molecule has 2 aromatic carbocycles. The van der Waals surface area contributed by atoms with E-state index >= 15 is 0 Å². The van der Waals surface area contributed by atoms with Crippen LogP contribution < -0.4 is 10.6 Å². The van der Waals surface area contributed by atoms with Crippen LogP contribution in [0.5, 0.6) is 0 Å². The van der Waals surface area contributed by atoms with E-state index in [9.17, 15) is 14.9 Å². The number of hydrogen-bond donors (Lipinski definition) is 2. The second-order valence-electron chi connectivity index (χ2n) is 4.32. The number of amides is 2. The first-order chi connectivity index (χ1) is 9.97. The van der Waals surface area contributed by atoms with E-state index in [0.29, 0.717) is 16.9 Å². The highest BCUT2D eigenvalue weighted by Crippen LogP contribution is 2.30. The average Bonchev–Trinajstić information content (AvgIpc) is 2.43. The van der Waals surface area contributed by atoms with Gasteiger partial charge in [-0.15, -0.1) is 0 Å². The molecule has 2 aromatic rings. The molecule has 0 radical (unpaired) electrons. The van der Waals surface area contributed by atoms with Crippen molar-refractivity contribution in [3.63, 3.8) is 0 Å².